The number of hydrogen-bond donors (Lipinski definition) is 1. The molecular weight excluding hydrogens is 500 g/mol. The van der Waals surface area contributed by atoms with Crippen LogP contribution in [0.2, 0.25) is 5.02 Å². The van der Waals surface area contributed by atoms with Crippen LogP contribution >= 0.6 is 22.9 Å². The Morgan fingerprint density at radius 3 is 2.29 bits per heavy atom. The standard InChI is InChI=1S/C27H25ClN2O3S2/c28-25-23-8-4-5-9-24(23)34-26(25)27(31)29-21-10-12-22(13-11-21)35(32,33)30-16-14-20(15-17-30)18-19-6-2-1-3-7-19/h1-13,20H,14-18H2,(H,29,31). The molecule has 1 aliphatic rings. The number of halogens is 1. The third-order valence-corrected chi connectivity index (χ3v) is 10.0. The van der Waals surface area contributed by atoms with Gasteiger partial charge < -0.3 is 5.32 Å². The van der Waals surface area contributed by atoms with E-state index in [1.807, 2.05) is 42.5 Å². The number of carbonyl (C=O) groups excluding carboxylic acids is 1. The average molecular weight is 525 g/mol. The molecule has 0 bridgehead atoms. The molecule has 35 heavy (non-hydrogen) atoms. The highest BCUT2D eigenvalue weighted by Crippen LogP contribution is 2.35. The fraction of sp³-hybridized carbons (Fsp3) is 0.222. The molecule has 5 rings (SSSR count). The van der Waals surface area contributed by atoms with Gasteiger partial charge in [-0.1, -0.05) is 60.1 Å². The van der Waals surface area contributed by atoms with E-state index in [9.17, 15) is 13.2 Å². The van der Waals surface area contributed by atoms with Crippen LogP contribution in [-0.2, 0) is 16.4 Å². The van der Waals surface area contributed by atoms with Crippen LogP contribution in [0.4, 0.5) is 5.69 Å². The van der Waals surface area contributed by atoms with Crippen LogP contribution in [0.1, 0.15) is 28.1 Å². The first kappa shape index (κ1) is 24.0. The fourth-order valence-electron chi connectivity index (χ4n) is 4.51. The number of thiophene rings is 1. The topological polar surface area (TPSA) is 66.5 Å². The lowest BCUT2D eigenvalue weighted by Crippen LogP contribution is -2.38. The number of fused-ring (bicyclic) bond motifs is 1. The van der Waals surface area contributed by atoms with E-state index in [-0.39, 0.29) is 10.8 Å². The van der Waals surface area contributed by atoms with Gasteiger partial charge in [0.2, 0.25) is 10.0 Å². The van der Waals surface area contributed by atoms with Crippen LogP contribution in [0.15, 0.2) is 83.8 Å². The van der Waals surface area contributed by atoms with Gasteiger partial charge in [-0.25, -0.2) is 8.42 Å². The lowest BCUT2D eigenvalue weighted by molar-refractivity contribution is 0.103. The molecule has 8 heteroatoms. The van der Waals surface area contributed by atoms with Gasteiger partial charge in [0.1, 0.15) is 4.88 Å². The highest BCUT2D eigenvalue weighted by molar-refractivity contribution is 7.89. The Balaban J connectivity index is 1.22. The summed E-state index contributed by atoms with van der Waals surface area (Å²) in [6.07, 6.45) is 2.67. The largest absolute Gasteiger partial charge is 0.321 e. The second-order valence-corrected chi connectivity index (χ2v) is 12.1. The van der Waals surface area contributed by atoms with Crippen molar-refractivity contribution in [3.8, 4) is 0 Å². The Bertz CT molecular complexity index is 1440. The van der Waals surface area contributed by atoms with Gasteiger partial charge in [0.05, 0.1) is 9.92 Å². The van der Waals surface area contributed by atoms with Gasteiger partial charge in [-0.15, -0.1) is 11.3 Å². The molecule has 0 aliphatic carbocycles. The number of sulfonamides is 1. The van der Waals surface area contributed by atoms with Crippen molar-refractivity contribution in [1.82, 2.24) is 4.31 Å². The second-order valence-electron chi connectivity index (χ2n) is 8.76. The van der Waals surface area contributed by atoms with E-state index in [0.717, 1.165) is 29.3 Å². The molecule has 1 N–H and O–H groups in total. The van der Waals surface area contributed by atoms with Crippen molar-refractivity contribution in [3.05, 3.63) is 94.3 Å². The van der Waals surface area contributed by atoms with E-state index in [1.54, 1.807) is 28.6 Å². The molecular formula is C27H25ClN2O3S2. The number of benzene rings is 3. The molecule has 180 valence electrons. The molecule has 4 aromatic rings. The molecule has 5 nitrogen and oxygen atoms in total. The quantitative estimate of drug-likeness (QED) is 0.315. The first-order valence-electron chi connectivity index (χ1n) is 11.5. The summed E-state index contributed by atoms with van der Waals surface area (Å²) in [5, 5.41) is 4.10. The van der Waals surface area contributed by atoms with Crippen LogP contribution in [0, 0.1) is 5.92 Å². The SMILES string of the molecule is O=C(Nc1ccc(S(=O)(=O)N2CCC(Cc3ccccc3)CC2)cc1)c1sc2ccccc2c1Cl. The number of carbonyl (C=O) groups is 1. The van der Waals surface area contributed by atoms with E-state index in [0.29, 0.717) is 34.6 Å². The molecule has 0 unspecified atom stereocenters. The summed E-state index contributed by atoms with van der Waals surface area (Å²) in [4.78, 5) is 13.5. The average Bonchev–Trinajstić information content (AvgIpc) is 3.22. The number of rotatable bonds is 6. The summed E-state index contributed by atoms with van der Waals surface area (Å²) in [7, 11) is -3.58. The van der Waals surface area contributed by atoms with Gasteiger partial charge >= 0.3 is 0 Å². The van der Waals surface area contributed by atoms with Crippen molar-refractivity contribution in [2.24, 2.45) is 5.92 Å². The Morgan fingerprint density at radius 1 is 0.943 bits per heavy atom. The van der Waals surface area contributed by atoms with Crippen LogP contribution in [0.25, 0.3) is 10.1 Å². The van der Waals surface area contributed by atoms with Gasteiger partial charge in [0.15, 0.2) is 0 Å². The molecule has 1 aliphatic heterocycles. The monoisotopic (exact) mass is 524 g/mol. The Kier molecular flexibility index (Phi) is 6.93. The molecule has 1 aromatic heterocycles. The third-order valence-electron chi connectivity index (χ3n) is 6.43. The summed E-state index contributed by atoms with van der Waals surface area (Å²) in [6, 6.07) is 24.3. The van der Waals surface area contributed by atoms with Crippen molar-refractivity contribution >= 4 is 54.6 Å². The zero-order valence-corrected chi connectivity index (χ0v) is 21.4. The number of piperidine rings is 1. The molecule has 0 atom stereocenters. The van der Waals surface area contributed by atoms with Crippen molar-refractivity contribution in [2.45, 2.75) is 24.2 Å². The maximum Gasteiger partial charge on any atom is 0.267 e. The molecule has 1 saturated heterocycles. The van der Waals surface area contributed by atoms with E-state index in [4.69, 9.17) is 11.6 Å². The highest BCUT2D eigenvalue weighted by atomic mass is 35.5. The number of nitrogens with zero attached hydrogens (tertiary/aromatic N) is 1. The minimum absolute atomic E-state index is 0.233. The number of amides is 1. The lowest BCUT2D eigenvalue weighted by Gasteiger charge is -2.31. The van der Waals surface area contributed by atoms with Crippen molar-refractivity contribution in [1.29, 1.82) is 0 Å². The van der Waals surface area contributed by atoms with Gasteiger partial charge in [-0.05, 0) is 61.1 Å². The molecule has 2 heterocycles. The first-order chi connectivity index (χ1) is 16.9. The molecule has 0 saturated carbocycles. The summed E-state index contributed by atoms with van der Waals surface area (Å²) in [5.41, 5.74) is 1.81. The zero-order valence-electron chi connectivity index (χ0n) is 19.0. The van der Waals surface area contributed by atoms with Gasteiger partial charge in [-0.2, -0.15) is 4.31 Å². The Labute approximate surface area is 214 Å². The Morgan fingerprint density at radius 2 is 1.60 bits per heavy atom. The van der Waals surface area contributed by atoms with Crippen molar-refractivity contribution in [2.75, 3.05) is 18.4 Å². The maximum absolute atomic E-state index is 13.2. The van der Waals surface area contributed by atoms with Crippen molar-refractivity contribution in [3.63, 3.8) is 0 Å². The number of nitrogens with one attached hydrogen (secondary N) is 1. The van der Waals surface area contributed by atoms with Crippen LogP contribution in [-0.4, -0.2) is 31.7 Å². The van der Waals surface area contributed by atoms with E-state index in [2.05, 4.69) is 17.4 Å². The van der Waals surface area contributed by atoms with Gasteiger partial charge in [0, 0.05) is 28.9 Å². The summed E-state index contributed by atoms with van der Waals surface area (Å²) in [6.45, 7) is 1.03. The predicted molar refractivity (Wildman–Crippen MR) is 143 cm³/mol. The van der Waals surface area contributed by atoms with E-state index >= 15 is 0 Å². The maximum atomic E-state index is 13.2. The second kappa shape index (κ2) is 10.1. The summed E-state index contributed by atoms with van der Waals surface area (Å²) in [5.74, 6) is 0.175. The molecule has 0 radical (unpaired) electrons. The van der Waals surface area contributed by atoms with Crippen LogP contribution in [0.5, 0.6) is 0 Å². The number of anilines is 1. The normalized spacial score (nSPS) is 15.3. The van der Waals surface area contributed by atoms with Crippen molar-refractivity contribution < 1.29 is 13.2 Å². The summed E-state index contributed by atoms with van der Waals surface area (Å²) < 4.78 is 28.9. The lowest BCUT2D eigenvalue weighted by atomic mass is 9.91. The zero-order chi connectivity index (χ0) is 24.4. The minimum Gasteiger partial charge on any atom is -0.321 e. The molecule has 1 amide bonds. The number of hydrogen-bond acceptors (Lipinski definition) is 4. The van der Waals surface area contributed by atoms with Gasteiger partial charge in [-0.3, -0.25) is 4.79 Å². The van der Waals surface area contributed by atoms with Gasteiger partial charge in [0.25, 0.3) is 5.91 Å². The first-order valence-corrected chi connectivity index (χ1v) is 14.2. The van der Waals surface area contributed by atoms with Crippen LogP contribution < -0.4 is 5.32 Å². The van der Waals surface area contributed by atoms with E-state index < -0.39 is 10.0 Å². The smallest absolute Gasteiger partial charge is 0.267 e. The molecule has 1 fully saturated rings. The molecule has 3 aromatic carbocycles. The predicted octanol–water partition coefficient (Wildman–Crippen LogP) is 6.45. The summed E-state index contributed by atoms with van der Waals surface area (Å²) >= 11 is 7.74. The van der Waals surface area contributed by atoms with E-state index in [1.165, 1.54) is 16.9 Å². The third kappa shape index (κ3) is 5.14. The highest BCUT2D eigenvalue weighted by Gasteiger charge is 2.29. The molecule has 0 spiro atoms. The fourth-order valence-corrected chi connectivity index (χ4v) is 7.39. The van der Waals surface area contributed by atoms with Crippen LogP contribution in [0.3, 0.4) is 0 Å². The minimum atomic E-state index is -3.58. The Hall–Kier alpha value is -2.71.